The molecule has 1 rings (SSSR count). The van der Waals surface area contributed by atoms with Crippen molar-refractivity contribution in [3.05, 3.63) is 29.8 Å². The average Bonchev–Trinajstić information content (AvgIpc) is 2.32. The van der Waals surface area contributed by atoms with Gasteiger partial charge in [0.1, 0.15) is 0 Å². The number of nitrogens with zero attached hydrogens (tertiary/aromatic N) is 2. The molecule has 0 saturated heterocycles. The van der Waals surface area contributed by atoms with Crippen LogP contribution in [-0.2, 0) is 6.54 Å². The summed E-state index contributed by atoms with van der Waals surface area (Å²) in [5.41, 5.74) is 1.34. The van der Waals surface area contributed by atoms with Crippen LogP contribution in [0.3, 0.4) is 0 Å². The van der Waals surface area contributed by atoms with Crippen molar-refractivity contribution in [1.82, 2.24) is 4.90 Å². The second-order valence-corrected chi connectivity index (χ2v) is 5.41. The van der Waals surface area contributed by atoms with Crippen molar-refractivity contribution in [2.75, 3.05) is 19.3 Å². The minimum atomic E-state index is 0.649. The van der Waals surface area contributed by atoms with E-state index >= 15 is 0 Å². The number of unbranched alkanes of at least 4 members (excludes halogenated alkanes) is 1. The zero-order valence-electron chi connectivity index (χ0n) is 10.6. The van der Waals surface area contributed by atoms with Gasteiger partial charge in [-0.25, -0.2) is 0 Å². The Morgan fingerprint density at radius 2 is 2.00 bits per heavy atom. The molecule has 0 aliphatic heterocycles. The topological polar surface area (TPSA) is 27.0 Å². The quantitative estimate of drug-likeness (QED) is 0.545. The van der Waals surface area contributed by atoms with Gasteiger partial charge in [0.2, 0.25) is 0 Å². The molecule has 0 amide bonds. The second-order valence-electron chi connectivity index (χ2n) is 4.08. The van der Waals surface area contributed by atoms with Crippen molar-refractivity contribution in [2.24, 2.45) is 0 Å². The Kier molecular flexibility index (Phi) is 6.76. The van der Waals surface area contributed by atoms with E-state index in [4.69, 9.17) is 5.26 Å². The molecule has 0 spiro atoms. The van der Waals surface area contributed by atoms with Crippen molar-refractivity contribution >= 4 is 11.8 Å². The fraction of sp³-hybridized carbons (Fsp3) is 0.500. The molecule has 0 fully saturated rings. The standard InChI is InChI=1S/C14H20N2S/c1-3-17-14-8-6-13(7-9-14)12-16(2)11-5-4-10-15/h6-9H,3-5,11-12H2,1-2H3. The Hall–Kier alpha value is -0.980. The van der Waals surface area contributed by atoms with E-state index in [9.17, 15) is 0 Å². The molecule has 1 aromatic carbocycles. The van der Waals surface area contributed by atoms with Crippen LogP contribution in [0.2, 0.25) is 0 Å². The highest BCUT2D eigenvalue weighted by Gasteiger charge is 2.00. The van der Waals surface area contributed by atoms with E-state index in [-0.39, 0.29) is 0 Å². The lowest BCUT2D eigenvalue weighted by Crippen LogP contribution is -2.18. The van der Waals surface area contributed by atoms with Crippen molar-refractivity contribution in [3.63, 3.8) is 0 Å². The van der Waals surface area contributed by atoms with Crippen LogP contribution in [0.25, 0.3) is 0 Å². The lowest BCUT2D eigenvalue weighted by atomic mass is 10.2. The number of hydrogen-bond acceptors (Lipinski definition) is 3. The van der Waals surface area contributed by atoms with E-state index in [1.807, 2.05) is 11.8 Å². The van der Waals surface area contributed by atoms with Crippen LogP contribution < -0.4 is 0 Å². The summed E-state index contributed by atoms with van der Waals surface area (Å²) in [6.45, 7) is 4.11. The maximum Gasteiger partial charge on any atom is 0.0622 e. The highest BCUT2D eigenvalue weighted by molar-refractivity contribution is 7.99. The smallest absolute Gasteiger partial charge is 0.0622 e. The van der Waals surface area contributed by atoms with E-state index in [1.54, 1.807) is 0 Å². The summed E-state index contributed by atoms with van der Waals surface area (Å²) in [6, 6.07) is 10.9. The first-order valence-corrected chi connectivity index (χ1v) is 7.02. The number of nitriles is 1. The monoisotopic (exact) mass is 248 g/mol. The maximum absolute atomic E-state index is 8.48. The molecule has 17 heavy (non-hydrogen) atoms. The summed E-state index contributed by atoms with van der Waals surface area (Å²) < 4.78 is 0. The largest absolute Gasteiger partial charge is 0.302 e. The Morgan fingerprint density at radius 1 is 1.29 bits per heavy atom. The second kappa shape index (κ2) is 8.16. The molecular weight excluding hydrogens is 228 g/mol. The van der Waals surface area contributed by atoms with Crippen LogP contribution in [0, 0.1) is 11.3 Å². The normalized spacial score (nSPS) is 10.5. The summed E-state index contributed by atoms with van der Waals surface area (Å²) in [4.78, 5) is 3.60. The molecule has 0 radical (unpaired) electrons. The van der Waals surface area contributed by atoms with Gasteiger partial charge in [0.25, 0.3) is 0 Å². The van der Waals surface area contributed by atoms with Gasteiger partial charge in [0.05, 0.1) is 6.07 Å². The summed E-state index contributed by atoms with van der Waals surface area (Å²) in [7, 11) is 2.10. The van der Waals surface area contributed by atoms with Gasteiger partial charge >= 0.3 is 0 Å². The minimum absolute atomic E-state index is 0.649. The van der Waals surface area contributed by atoms with Crippen LogP contribution in [0.1, 0.15) is 25.3 Å². The Morgan fingerprint density at radius 3 is 2.59 bits per heavy atom. The molecule has 0 unspecified atom stereocenters. The van der Waals surface area contributed by atoms with Crippen molar-refractivity contribution in [1.29, 1.82) is 5.26 Å². The molecule has 0 N–H and O–H groups in total. The molecular formula is C14H20N2S. The molecule has 0 saturated carbocycles. The zero-order valence-corrected chi connectivity index (χ0v) is 11.5. The SMILES string of the molecule is CCSc1ccc(CN(C)CCCC#N)cc1. The van der Waals surface area contributed by atoms with Gasteiger partial charge in [0.15, 0.2) is 0 Å². The fourth-order valence-electron chi connectivity index (χ4n) is 1.68. The van der Waals surface area contributed by atoms with Crippen LogP contribution >= 0.6 is 11.8 Å². The van der Waals surface area contributed by atoms with E-state index in [2.05, 4.69) is 49.2 Å². The Labute approximate surface area is 109 Å². The van der Waals surface area contributed by atoms with Gasteiger partial charge < -0.3 is 4.90 Å². The third-order valence-corrected chi connectivity index (χ3v) is 3.41. The summed E-state index contributed by atoms with van der Waals surface area (Å²) >= 11 is 1.87. The van der Waals surface area contributed by atoms with Crippen molar-refractivity contribution in [2.45, 2.75) is 31.2 Å². The van der Waals surface area contributed by atoms with Crippen LogP contribution in [0.15, 0.2) is 29.2 Å². The van der Waals surface area contributed by atoms with Gasteiger partial charge in [-0.3, -0.25) is 0 Å². The van der Waals surface area contributed by atoms with Gasteiger partial charge in [-0.15, -0.1) is 11.8 Å². The Bertz CT molecular complexity index is 353. The van der Waals surface area contributed by atoms with Crippen molar-refractivity contribution in [3.8, 4) is 6.07 Å². The third kappa shape index (κ3) is 5.76. The average molecular weight is 248 g/mol. The predicted molar refractivity (Wildman–Crippen MR) is 74.0 cm³/mol. The molecule has 92 valence electrons. The molecule has 0 aliphatic carbocycles. The highest BCUT2D eigenvalue weighted by atomic mass is 32.2. The van der Waals surface area contributed by atoms with E-state index < -0.39 is 0 Å². The first-order valence-electron chi connectivity index (χ1n) is 6.03. The van der Waals surface area contributed by atoms with Crippen LogP contribution in [-0.4, -0.2) is 24.2 Å². The molecule has 0 aromatic heterocycles. The first kappa shape index (κ1) is 14.1. The number of rotatable bonds is 7. The lowest BCUT2D eigenvalue weighted by molar-refractivity contribution is 0.323. The van der Waals surface area contributed by atoms with Crippen molar-refractivity contribution < 1.29 is 0 Å². The third-order valence-electron chi connectivity index (χ3n) is 2.52. The first-order chi connectivity index (χ1) is 8.26. The lowest BCUT2D eigenvalue weighted by Gasteiger charge is -2.15. The molecule has 0 aliphatic rings. The predicted octanol–water partition coefficient (Wildman–Crippen LogP) is 3.53. The summed E-state index contributed by atoms with van der Waals surface area (Å²) in [5, 5.41) is 8.48. The van der Waals surface area contributed by atoms with Gasteiger partial charge in [-0.05, 0) is 43.5 Å². The fourth-order valence-corrected chi connectivity index (χ4v) is 2.34. The van der Waals surface area contributed by atoms with Gasteiger partial charge in [-0.2, -0.15) is 5.26 Å². The summed E-state index contributed by atoms with van der Waals surface area (Å²) in [5.74, 6) is 1.12. The number of thioether (sulfide) groups is 1. The number of benzene rings is 1. The minimum Gasteiger partial charge on any atom is -0.302 e. The van der Waals surface area contributed by atoms with E-state index in [1.165, 1.54) is 10.5 Å². The molecule has 2 nitrogen and oxygen atoms in total. The van der Waals surface area contributed by atoms with Crippen LogP contribution in [0.4, 0.5) is 0 Å². The molecule has 0 atom stereocenters. The molecule has 0 heterocycles. The molecule has 3 heteroatoms. The van der Waals surface area contributed by atoms with E-state index in [0.717, 1.165) is 25.3 Å². The Balaban J connectivity index is 2.38. The zero-order chi connectivity index (χ0) is 12.5. The van der Waals surface area contributed by atoms with E-state index in [0.29, 0.717) is 6.42 Å². The molecule has 0 bridgehead atoms. The van der Waals surface area contributed by atoms with Gasteiger partial charge in [0, 0.05) is 17.9 Å². The molecule has 1 aromatic rings. The highest BCUT2D eigenvalue weighted by Crippen LogP contribution is 2.18. The van der Waals surface area contributed by atoms with Gasteiger partial charge in [-0.1, -0.05) is 19.1 Å². The van der Waals surface area contributed by atoms with Crippen LogP contribution in [0.5, 0.6) is 0 Å². The number of hydrogen-bond donors (Lipinski definition) is 0. The summed E-state index contributed by atoms with van der Waals surface area (Å²) in [6.07, 6.45) is 1.60. The maximum atomic E-state index is 8.48.